The van der Waals surface area contributed by atoms with Crippen LogP contribution in [0.5, 0.6) is 0 Å². The summed E-state index contributed by atoms with van der Waals surface area (Å²) in [6.07, 6.45) is 0. The number of esters is 1. The van der Waals surface area contributed by atoms with Gasteiger partial charge in [-0.25, -0.2) is 9.78 Å². The first-order chi connectivity index (χ1) is 11.1. The van der Waals surface area contributed by atoms with Crippen LogP contribution < -0.4 is 5.32 Å². The molecule has 0 bridgehead atoms. The molecule has 0 fully saturated rings. The SMILES string of the molecule is CCOC(=O)c1cc2nc(-c3ccc(Cl)cc3)cc(NC)n2n1. The minimum absolute atomic E-state index is 0.226. The Morgan fingerprint density at radius 1 is 1.30 bits per heavy atom. The van der Waals surface area contributed by atoms with Crippen LogP contribution in [0.1, 0.15) is 17.4 Å². The summed E-state index contributed by atoms with van der Waals surface area (Å²) in [5.74, 6) is 0.253. The van der Waals surface area contributed by atoms with Crippen molar-refractivity contribution in [1.29, 1.82) is 0 Å². The van der Waals surface area contributed by atoms with Crippen molar-refractivity contribution in [1.82, 2.24) is 14.6 Å². The molecule has 1 aromatic carbocycles. The lowest BCUT2D eigenvalue weighted by Crippen LogP contribution is -2.06. The van der Waals surface area contributed by atoms with Crippen LogP contribution in [0.3, 0.4) is 0 Å². The quantitative estimate of drug-likeness (QED) is 0.743. The molecule has 2 aromatic heterocycles. The molecule has 0 saturated carbocycles. The molecule has 0 spiro atoms. The standard InChI is InChI=1S/C16H15ClN4O2/c1-3-23-16(22)13-9-15-19-12(8-14(18-2)21(15)20-13)10-4-6-11(17)7-5-10/h4-9,18H,3H2,1-2H3. The summed E-state index contributed by atoms with van der Waals surface area (Å²) >= 11 is 5.92. The fourth-order valence-electron chi connectivity index (χ4n) is 2.23. The fourth-order valence-corrected chi connectivity index (χ4v) is 2.35. The molecule has 23 heavy (non-hydrogen) atoms. The van der Waals surface area contributed by atoms with Crippen molar-refractivity contribution in [2.45, 2.75) is 6.92 Å². The van der Waals surface area contributed by atoms with E-state index in [0.717, 1.165) is 17.1 Å². The average molecular weight is 331 g/mol. The van der Waals surface area contributed by atoms with Gasteiger partial charge >= 0.3 is 5.97 Å². The highest BCUT2D eigenvalue weighted by molar-refractivity contribution is 6.30. The van der Waals surface area contributed by atoms with Gasteiger partial charge in [-0.05, 0) is 19.1 Å². The first-order valence-electron chi connectivity index (χ1n) is 7.14. The minimum Gasteiger partial charge on any atom is -0.461 e. The highest BCUT2D eigenvalue weighted by atomic mass is 35.5. The lowest BCUT2D eigenvalue weighted by molar-refractivity contribution is 0.0519. The topological polar surface area (TPSA) is 68.5 Å². The number of halogens is 1. The number of fused-ring (bicyclic) bond motifs is 1. The first kappa shape index (κ1) is 15.3. The molecule has 0 aliphatic heterocycles. The van der Waals surface area contributed by atoms with Gasteiger partial charge in [-0.1, -0.05) is 23.7 Å². The molecule has 1 N–H and O–H groups in total. The fraction of sp³-hybridized carbons (Fsp3) is 0.188. The number of nitrogens with zero attached hydrogens (tertiary/aromatic N) is 3. The van der Waals surface area contributed by atoms with Crippen LogP contribution >= 0.6 is 11.6 Å². The largest absolute Gasteiger partial charge is 0.461 e. The average Bonchev–Trinajstić information content (AvgIpc) is 2.99. The van der Waals surface area contributed by atoms with Crippen molar-refractivity contribution in [3.63, 3.8) is 0 Å². The summed E-state index contributed by atoms with van der Waals surface area (Å²) < 4.78 is 6.56. The molecule has 0 radical (unpaired) electrons. The van der Waals surface area contributed by atoms with Crippen LogP contribution in [0, 0.1) is 0 Å². The molecule has 0 atom stereocenters. The predicted molar refractivity (Wildman–Crippen MR) is 88.9 cm³/mol. The smallest absolute Gasteiger partial charge is 0.358 e. The summed E-state index contributed by atoms with van der Waals surface area (Å²) in [5.41, 5.74) is 2.47. The van der Waals surface area contributed by atoms with Gasteiger partial charge in [0.2, 0.25) is 0 Å². The summed E-state index contributed by atoms with van der Waals surface area (Å²) in [7, 11) is 1.78. The van der Waals surface area contributed by atoms with Crippen molar-refractivity contribution >= 4 is 29.0 Å². The number of benzene rings is 1. The molecule has 3 rings (SSSR count). The molecular weight excluding hydrogens is 316 g/mol. The van der Waals surface area contributed by atoms with Crippen molar-refractivity contribution in [3.05, 3.63) is 47.1 Å². The molecule has 0 aliphatic rings. The zero-order chi connectivity index (χ0) is 16.4. The summed E-state index contributed by atoms with van der Waals surface area (Å²) in [6.45, 7) is 2.05. The Balaban J connectivity index is 2.11. The van der Waals surface area contributed by atoms with Crippen molar-refractivity contribution < 1.29 is 9.53 Å². The van der Waals surface area contributed by atoms with E-state index >= 15 is 0 Å². The van der Waals surface area contributed by atoms with Gasteiger partial charge in [0, 0.05) is 29.8 Å². The Hall–Kier alpha value is -2.60. The number of carbonyl (C=O) groups excluding carboxylic acids is 1. The maximum absolute atomic E-state index is 11.8. The lowest BCUT2D eigenvalue weighted by atomic mass is 10.1. The van der Waals surface area contributed by atoms with E-state index in [1.807, 2.05) is 30.3 Å². The Bertz CT molecular complexity index is 858. The van der Waals surface area contributed by atoms with Crippen LogP contribution in [0.15, 0.2) is 36.4 Å². The van der Waals surface area contributed by atoms with Gasteiger partial charge in [-0.2, -0.15) is 9.61 Å². The van der Waals surface area contributed by atoms with Crippen LogP contribution in [0.25, 0.3) is 16.9 Å². The number of hydrogen-bond acceptors (Lipinski definition) is 5. The molecule has 6 nitrogen and oxygen atoms in total. The number of hydrogen-bond donors (Lipinski definition) is 1. The number of rotatable bonds is 4. The maximum Gasteiger partial charge on any atom is 0.358 e. The van der Waals surface area contributed by atoms with Gasteiger partial charge < -0.3 is 10.1 Å². The van der Waals surface area contributed by atoms with Crippen LogP contribution in [0.4, 0.5) is 5.82 Å². The third-order valence-corrected chi connectivity index (χ3v) is 3.56. The van der Waals surface area contributed by atoms with E-state index in [0.29, 0.717) is 17.3 Å². The van der Waals surface area contributed by atoms with Crippen molar-refractivity contribution in [3.8, 4) is 11.3 Å². The van der Waals surface area contributed by atoms with E-state index in [1.54, 1.807) is 24.6 Å². The zero-order valence-electron chi connectivity index (χ0n) is 12.7. The Morgan fingerprint density at radius 3 is 2.70 bits per heavy atom. The summed E-state index contributed by atoms with van der Waals surface area (Å²) in [6, 6.07) is 10.9. The maximum atomic E-state index is 11.8. The highest BCUT2D eigenvalue weighted by Gasteiger charge is 2.15. The third kappa shape index (κ3) is 2.98. The van der Waals surface area contributed by atoms with Crippen molar-refractivity contribution in [2.75, 3.05) is 19.0 Å². The summed E-state index contributed by atoms with van der Waals surface area (Å²) in [5, 5.41) is 7.97. The third-order valence-electron chi connectivity index (χ3n) is 3.31. The van der Waals surface area contributed by atoms with E-state index in [2.05, 4.69) is 15.4 Å². The molecule has 118 valence electrons. The predicted octanol–water partition coefficient (Wildman–Crippen LogP) is 3.27. The van der Waals surface area contributed by atoms with E-state index in [-0.39, 0.29) is 5.69 Å². The van der Waals surface area contributed by atoms with Crippen molar-refractivity contribution in [2.24, 2.45) is 0 Å². The van der Waals surface area contributed by atoms with Crippen LogP contribution in [-0.4, -0.2) is 34.2 Å². The van der Waals surface area contributed by atoms with Crippen LogP contribution in [0.2, 0.25) is 5.02 Å². The molecule has 0 amide bonds. The molecule has 0 unspecified atom stereocenters. The minimum atomic E-state index is -0.465. The molecule has 2 heterocycles. The number of nitrogens with one attached hydrogen (secondary N) is 1. The van der Waals surface area contributed by atoms with E-state index in [1.165, 1.54) is 0 Å². The van der Waals surface area contributed by atoms with Gasteiger partial charge in [0.15, 0.2) is 11.3 Å². The molecule has 0 aliphatic carbocycles. The van der Waals surface area contributed by atoms with E-state index < -0.39 is 5.97 Å². The van der Waals surface area contributed by atoms with E-state index in [4.69, 9.17) is 16.3 Å². The van der Waals surface area contributed by atoms with Gasteiger partial charge in [0.1, 0.15) is 5.82 Å². The number of carbonyl (C=O) groups is 1. The normalized spacial score (nSPS) is 10.7. The van der Waals surface area contributed by atoms with Gasteiger partial charge in [0.25, 0.3) is 0 Å². The Labute approximate surface area is 138 Å². The molecular formula is C16H15ClN4O2. The lowest BCUT2D eigenvalue weighted by Gasteiger charge is -2.07. The second-order valence-electron chi connectivity index (χ2n) is 4.80. The Kier molecular flexibility index (Phi) is 4.16. The molecule has 7 heteroatoms. The van der Waals surface area contributed by atoms with Gasteiger partial charge in [-0.15, -0.1) is 0 Å². The van der Waals surface area contributed by atoms with Gasteiger partial charge in [0.05, 0.1) is 12.3 Å². The molecule has 3 aromatic rings. The number of aromatic nitrogens is 3. The highest BCUT2D eigenvalue weighted by Crippen LogP contribution is 2.24. The second-order valence-corrected chi connectivity index (χ2v) is 5.24. The Morgan fingerprint density at radius 2 is 2.04 bits per heavy atom. The number of ether oxygens (including phenoxy) is 1. The first-order valence-corrected chi connectivity index (χ1v) is 7.52. The second kappa shape index (κ2) is 6.26. The zero-order valence-corrected chi connectivity index (χ0v) is 13.5. The number of anilines is 1. The molecule has 0 saturated heterocycles. The van der Waals surface area contributed by atoms with Gasteiger partial charge in [-0.3, -0.25) is 0 Å². The van der Waals surface area contributed by atoms with E-state index in [9.17, 15) is 4.79 Å². The van der Waals surface area contributed by atoms with Crippen LogP contribution in [-0.2, 0) is 4.74 Å². The monoisotopic (exact) mass is 330 g/mol. The summed E-state index contributed by atoms with van der Waals surface area (Å²) in [4.78, 5) is 16.4.